The van der Waals surface area contributed by atoms with Crippen molar-refractivity contribution in [2.75, 3.05) is 6.54 Å². The number of alkyl carbamates (subject to hydrolysis) is 1. The normalized spacial score (nSPS) is 16.3. The van der Waals surface area contributed by atoms with Crippen molar-refractivity contribution in [1.29, 1.82) is 0 Å². The topological polar surface area (TPSA) is 163 Å². The fourth-order valence-electron chi connectivity index (χ4n) is 5.63. The van der Waals surface area contributed by atoms with Crippen molar-refractivity contribution in [2.45, 2.75) is 64.3 Å². The molecule has 1 saturated heterocycles. The number of hydrogen-bond donors (Lipinski definition) is 5. The van der Waals surface area contributed by atoms with Crippen molar-refractivity contribution < 1.29 is 33.8 Å². The minimum Gasteiger partial charge on any atom is -0.478 e. The molecule has 1 aliphatic rings. The Labute approximate surface area is 274 Å². The van der Waals surface area contributed by atoms with Gasteiger partial charge in [0, 0.05) is 31.0 Å². The van der Waals surface area contributed by atoms with Gasteiger partial charge in [-0.1, -0.05) is 92.7 Å². The number of ether oxygens (including phenoxy) is 1. The van der Waals surface area contributed by atoms with E-state index in [1.807, 2.05) is 86.6 Å². The van der Waals surface area contributed by atoms with E-state index in [4.69, 9.17) is 4.74 Å². The van der Waals surface area contributed by atoms with E-state index in [9.17, 15) is 29.1 Å². The maximum Gasteiger partial charge on any atom is 0.408 e. The molecule has 0 aromatic heterocycles. The summed E-state index contributed by atoms with van der Waals surface area (Å²) in [6.07, 6.45) is 2.67. The Balaban J connectivity index is 1.53. The summed E-state index contributed by atoms with van der Waals surface area (Å²) in [6.45, 7) is 4.34. The standard InChI is InChI=1S/C36H42N4O7/c1-23(2)19-30(34(44)38-28(15-16-32(41)42)20-27-17-18-37-33(27)43)39-35(45)31(40-36(46)47-22-24-9-4-3-5-10-24)21-26-13-8-12-25-11-6-7-14-29(25)26/h3-16,23,27-28,30-31H,17-22H2,1-2H3,(H,37,43)(H,38,44)(H,39,45)(H,40,46)(H,41,42)/b16-15+/t27-,28+,30-,31-/m0/s1. The van der Waals surface area contributed by atoms with Gasteiger partial charge < -0.3 is 31.1 Å². The van der Waals surface area contributed by atoms with E-state index in [-0.39, 0.29) is 43.6 Å². The maximum absolute atomic E-state index is 13.9. The number of carbonyl (C=O) groups excluding carboxylic acids is 4. The summed E-state index contributed by atoms with van der Waals surface area (Å²) in [4.78, 5) is 64.0. The second-order valence-corrected chi connectivity index (χ2v) is 12.1. The van der Waals surface area contributed by atoms with E-state index in [1.54, 1.807) is 0 Å². The van der Waals surface area contributed by atoms with Crippen LogP contribution < -0.4 is 21.3 Å². The van der Waals surface area contributed by atoms with Gasteiger partial charge in [0.1, 0.15) is 18.7 Å². The predicted molar refractivity (Wildman–Crippen MR) is 177 cm³/mol. The molecular formula is C36H42N4O7. The van der Waals surface area contributed by atoms with Crippen LogP contribution >= 0.6 is 0 Å². The van der Waals surface area contributed by atoms with Gasteiger partial charge in [-0.05, 0) is 47.1 Å². The lowest BCUT2D eigenvalue weighted by Crippen LogP contribution is -2.55. The van der Waals surface area contributed by atoms with Crippen molar-refractivity contribution >= 4 is 40.6 Å². The van der Waals surface area contributed by atoms with Crippen molar-refractivity contribution in [3.05, 3.63) is 96.1 Å². The number of carbonyl (C=O) groups is 5. The van der Waals surface area contributed by atoms with Gasteiger partial charge in [-0.3, -0.25) is 14.4 Å². The Hall–Kier alpha value is -5.19. The third-order valence-electron chi connectivity index (χ3n) is 7.97. The smallest absolute Gasteiger partial charge is 0.408 e. The molecule has 4 atom stereocenters. The second-order valence-electron chi connectivity index (χ2n) is 12.1. The van der Waals surface area contributed by atoms with Gasteiger partial charge in [0.05, 0.1) is 0 Å². The molecule has 3 aromatic carbocycles. The van der Waals surface area contributed by atoms with Crippen LogP contribution in [0.25, 0.3) is 10.8 Å². The van der Waals surface area contributed by atoms with Crippen molar-refractivity contribution in [1.82, 2.24) is 21.3 Å². The summed E-state index contributed by atoms with van der Waals surface area (Å²) in [5, 5.41) is 22.2. The highest BCUT2D eigenvalue weighted by molar-refractivity contribution is 5.93. The van der Waals surface area contributed by atoms with Crippen molar-refractivity contribution in [3.8, 4) is 0 Å². The first-order chi connectivity index (χ1) is 22.6. The van der Waals surface area contributed by atoms with Gasteiger partial charge in [-0.15, -0.1) is 0 Å². The highest BCUT2D eigenvalue weighted by atomic mass is 16.5. The van der Waals surface area contributed by atoms with Crippen LogP contribution in [0.5, 0.6) is 0 Å². The summed E-state index contributed by atoms with van der Waals surface area (Å²) in [6, 6.07) is 19.8. The Morgan fingerprint density at radius 1 is 0.915 bits per heavy atom. The Kier molecular flexibility index (Phi) is 12.5. The summed E-state index contributed by atoms with van der Waals surface area (Å²) in [7, 11) is 0. The molecular weight excluding hydrogens is 600 g/mol. The zero-order valence-electron chi connectivity index (χ0n) is 26.6. The minimum absolute atomic E-state index is 0.0000135. The highest BCUT2D eigenvalue weighted by Crippen LogP contribution is 2.21. The zero-order chi connectivity index (χ0) is 33.8. The first-order valence-corrected chi connectivity index (χ1v) is 15.8. The monoisotopic (exact) mass is 642 g/mol. The molecule has 4 amide bonds. The molecule has 0 spiro atoms. The molecule has 11 heteroatoms. The predicted octanol–water partition coefficient (Wildman–Crippen LogP) is 3.86. The molecule has 1 aliphatic heterocycles. The van der Waals surface area contributed by atoms with Crippen LogP contribution in [0.15, 0.2) is 84.9 Å². The zero-order valence-corrected chi connectivity index (χ0v) is 26.6. The van der Waals surface area contributed by atoms with Gasteiger partial charge in [-0.2, -0.15) is 0 Å². The van der Waals surface area contributed by atoms with E-state index >= 15 is 0 Å². The lowest BCUT2D eigenvalue weighted by atomic mass is 9.96. The molecule has 248 valence electrons. The second kappa shape index (κ2) is 16.9. The van der Waals surface area contributed by atoms with Crippen LogP contribution in [0.3, 0.4) is 0 Å². The van der Waals surface area contributed by atoms with Crippen molar-refractivity contribution in [2.24, 2.45) is 11.8 Å². The molecule has 11 nitrogen and oxygen atoms in total. The van der Waals surface area contributed by atoms with E-state index in [1.165, 1.54) is 6.08 Å². The number of carboxylic acid groups (broad SMARTS) is 1. The largest absolute Gasteiger partial charge is 0.478 e. The first kappa shape index (κ1) is 34.7. The number of hydrogen-bond acceptors (Lipinski definition) is 6. The molecule has 0 radical (unpaired) electrons. The molecule has 47 heavy (non-hydrogen) atoms. The number of aliphatic carboxylic acids is 1. The number of nitrogens with one attached hydrogen (secondary N) is 4. The molecule has 5 N–H and O–H groups in total. The van der Waals surface area contributed by atoms with Gasteiger partial charge in [0.2, 0.25) is 17.7 Å². The Morgan fingerprint density at radius 2 is 1.62 bits per heavy atom. The molecule has 0 bridgehead atoms. The molecule has 3 aromatic rings. The van der Waals surface area contributed by atoms with E-state index in [0.29, 0.717) is 13.0 Å². The van der Waals surface area contributed by atoms with E-state index in [2.05, 4.69) is 21.3 Å². The number of benzene rings is 3. The SMILES string of the molecule is CC(C)C[C@H](NC(=O)[C@H](Cc1cccc2ccccc12)NC(=O)OCc1ccccc1)C(=O)N[C@H](/C=C/C(=O)O)C[C@@H]1CCNC1=O. The third-order valence-corrected chi connectivity index (χ3v) is 7.97. The van der Waals surface area contributed by atoms with Gasteiger partial charge in [0.15, 0.2) is 0 Å². The average Bonchev–Trinajstić information content (AvgIpc) is 3.45. The first-order valence-electron chi connectivity index (χ1n) is 15.8. The summed E-state index contributed by atoms with van der Waals surface area (Å²) in [5.74, 6) is -2.83. The van der Waals surface area contributed by atoms with Gasteiger partial charge in [0.25, 0.3) is 0 Å². The number of carboxylic acids is 1. The summed E-state index contributed by atoms with van der Waals surface area (Å²) >= 11 is 0. The van der Waals surface area contributed by atoms with Crippen LogP contribution in [0, 0.1) is 11.8 Å². The third kappa shape index (κ3) is 10.7. The van der Waals surface area contributed by atoms with Crippen molar-refractivity contribution in [3.63, 3.8) is 0 Å². The van der Waals surface area contributed by atoms with E-state index < -0.39 is 42.0 Å². The Morgan fingerprint density at radius 3 is 2.32 bits per heavy atom. The lowest BCUT2D eigenvalue weighted by molar-refractivity contribution is -0.131. The van der Waals surface area contributed by atoms with Crippen LogP contribution in [-0.2, 0) is 36.9 Å². The highest BCUT2D eigenvalue weighted by Gasteiger charge is 2.31. The fraction of sp³-hybridized carbons (Fsp3) is 0.361. The quantitative estimate of drug-likeness (QED) is 0.157. The van der Waals surface area contributed by atoms with Crippen LogP contribution in [-0.4, -0.2) is 59.6 Å². The van der Waals surface area contributed by atoms with Crippen LogP contribution in [0.2, 0.25) is 0 Å². The number of fused-ring (bicyclic) bond motifs is 1. The maximum atomic E-state index is 13.9. The Bertz CT molecular complexity index is 1590. The van der Waals surface area contributed by atoms with Crippen LogP contribution in [0.1, 0.15) is 44.2 Å². The van der Waals surface area contributed by atoms with Gasteiger partial charge >= 0.3 is 12.1 Å². The molecule has 1 fully saturated rings. The summed E-state index contributed by atoms with van der Waals surface area (Å²) in [5.41, 5.74) is 1.61. The number of rotatable bonds is 15. The molecule has 0 saturated carbocycles. The molecule has 1 heterocycles. The fourth-order valence-corrected chi connectivity index (χ4v) is 5.63. The van der Waals surface area contributed by atoms with E-state index in [0.717, 1.165) is 28.0 Å². The van der Waals surface area contributed by atoms with Gasteiger partial charge in [-0.25, -0.2) is 9.59 Å². The molecule has 0 aliphatic carbocycles. The minimum atomic E-state index is -1.19. The van der Waals surface area contributed by atoms with Crippen LogP contribution in [0.4, 0.5) is 4.79 Å². The summed E-state index contributed by atoms with van der Waals surface area (Å²) < 4.78 is 5.42. The molecule has 0 unspecified atom stereocenters. The molecule has 4 rings (SSSR count). The number of amides is 4. The lowest BCUT2D eigenvalue weighted by Gasteiger charge is -2.26. The average molecular weight is 643 g/mol.